The van der Waals surface area contributed by atoms with Crippen molar-refractivity contribution in [3.63, 3.8) is 0 Å². The number of rotatable bonds is 6. The first-order valence-electron chi connectivity index (χ1n) is 8.84. The van der Waals surface area contributed by atoms with E-state index in [4.69, 9.17) is 0 Å². The Bertz CT molecular complexity index is 1090. The maximum atomic E-state index is 13.2. The molecule has 136 valence electrons. The Morgan fingerprint density at radius 2 is 2.11 bits per heavy atom. The van der Waals surface area contributed by atoms with E-state index in [0.717, 1.165) is 16.8 Å². The van der Waals surface area contributed by atoms with Crippen LogP contribution in [-0.2, 0) is 6.54 Å². The molecule has 1 aliphatic carbocycles. The number of H-pyrrole nitrogens is 2. The number of hydrogen-bond acceptors (Lipinski definition) is 5. The number of hydrogen-bond donors (Lipinski definition) is 4. The van der Waals surface area contributed by atoms with Gasteiger partial charge in [0.2, 0.25) is 5.95 Å². The monoisotopic (exact) mass is 363 g/mol. The quantitative estimate of drug-likeness (QED) is 0.417. The Hall–Kier alpha value is -3.42. The molecule has 1 aliphatic rings. The van der Waals surface area contributed by atoms with Crippen molar-refractivity contribution in [2.24, 2.45) is 0 Å². The number of anilines is 3. The predicted octanol–water partition coefficient (Wildman–Crippen LogP) is 3.86. The molecule has 5 rings (SSSR count). The molecule has 1 saturated carbocycles. The van der Waals surface area contributed by atoms with Crippen molar-refractivity contribution in [2.45, 2.75) is 25.1 Å². The lowest BCUT2D eigenvalue weighted by Crippen LogP contribution is -2.05. The van der Waals surface area contributed by atoms with Crippen molar-refractivity contribution in [3.8, 4) is 0 Å². The molecule has 0 amide bonds. The van der Waals surface area contributed by atoms with Gasteiger partial charge in [-0.2, -0.15) is 10.1 Å². The molecular formula is C19H18FN7. The number of aromatic amines is 2. The second-order valence-electron chi connectivity index (χ2n) is 6.67. The van der Waals surface area contributed by atoms with Crippen LogP contribution < -0.4 is 10.6 Å². The average molecular weight is 363 g/mol. The van der Waals surface area contributed by atoms with Crippen LogP contribution in [0.1, 0.15) is 23.6 Å². The number of benzene rings is 1. The summed E-state index contributed by atoms with van der Waals surface area (Å²) in [6, 6.07) is 11.8. The fraction of sp³-hybridized carbons (Fsp3) is 0.211. The number of alkyl halides is 1. The average Bonchev–Trinajstić information content (AvgIpc) is 3.08. The van der Waals surface area contributed by atoms with E-state index in [-0.39, 0.29) is 5.92 Å². The minimum absolute atomic E-state index is 0.0492. The predicted molar refractivity (Wildman–Crippen MR) is 102 cm³/mol. The standard InChI is InChI=1S/C19H18FN7/c20-14-8-13(14)16-9-18(27-26-16)24-17-5-7-22-19(25-17)23-10-11-2-1-3-15-12(11)4-6-21-15/h1-7,9,13-14,21H,8,10H2,(H3,22,23,24,25,26,27)/t13-,14+/m1/s1. The SMILES string of the molecule is F[C@H]1C[C@H]1c1cc(Nc2ccnc(NCc3cccc4[nH]ccc34)n2)n[nH]1. The molecule has 7 nitrogen and oxygen atoms in total. The van der Waals surface area contributed by atoms with Crippen LogP contribution in [0.2, 0.25) is 0 Å². The smallest absolute Gasteiger partial charge is 0.224 e. The van der Waals surface area contributed by atoms with Gasteiger partial charge in [-0.3, -0.25) is 5.10 Å². The zero-order chi connectivity index (χ0) is 18.2. The lowest BCUT2D eigenvalue weighted by molar-refractivity contribution is 0.466. The van der Waals surface area contributed by atoms with Gasteiger partial charge in [0.05, 0.1) is 0 Å². The highest BCUT2D eigenvalue weighted by Crippen LogP contribution is 2.43. The maximum Gasteiger partial charge on any atom is 0.224 e. The lowest BCUT2D eigenvalue weighted by Gasteiger charge is -2.08. The summed E-state index contributed by atoms with van der Waals surface area (Å²) >= 11 is 0. The van der Waals surface area contributed by atoms with E-state index >= 15 is 0 Å². The molecule has 2 atom stereocenters. The van der Waals surface area contributed by atoms with Crippen LogP contribution in [0.4, 0.5) is 22.0 Å². The van der Waals surface area contributed by atoms with Crippen LogP contribution in [0.3, 0.4) is 0 Å². The summed E-state index contributed by atoms with van der Waals surface area (Å²) in [6.45, 7) is 0.616. The molecule has 0 spiro atoms. The third-order valence-corrected chi connectivity index (χ3v) is 4.74. The third kappa shape index (κ3) is 3.21. The van der Waals surface area contributed by atoms with Crippen molar-refractivity contribution in [3.05, 3.63) is 60.0 Å². The third-order valence-electron chi connectivity index (χ3n) is 4.74. The number of nitrogens with one attached hydrogen (secondary N) is 4. The van der Waals surface area contributed by atoms with Crippen LogP contribution in [0.15, 0.2) is 48.8 Å². The Kier molecular flexibility index (Phi) is 3.74. The molecule has 1 fully saturated rings. The summed E-state index contributed by atoms with van der Waals surface area (Å²) in [7, 11) is 0. The molecular weight excluding hydrogens is 345 g/mol. The van der Waals surface area contributed by atoms with E-state index in [2.05, 4.69) is 47.9 Å². The zero-order valence-corrected chi connectivity index (χ0v) is 14.4. The summed E-state index contributed by atoms with van der Waals surface area (Å²) < 4.78 is 13.2. The maximum absolute atomic E-state index is 13.2. The van der Waals surface area contributed by atoms with E-state index in [1.165, 1.54) is 5.39 Å². The van der Waals surface area contributed by atoms with Gasteiger partial charge in [-0.15, -0.1) is 0 Å². The Balaban J connectivity index is 1.27. The molecule has 0 aliphatic heterocycles. The molecule has 0 saturated heterocycles. The van der Waals surface area contributed by atoms with Crippen LogP contribution >= 0.6 is 0 Å². The van der Waals surface area contributed by atoms with E-state index in [0.29, 0.717) is 30.5 Å². The first-order chi connectivity index (χ1) is 13.3. The van der Waals surface area contributed by atoms with Crippen LogP contribution in [0, 0.1) is 0 Å². The van der Waals surface area contributed by atoms with Gasteiger partial charge in [0.15, 0.2) is 5.82 Å². The van der Waals surface area contributed by atoms with Crippen LogP contribution in [0.25, 0.3) is 10.9 Å². The number of nitrogens with zero attached hydrogens (tertiary/aromatic N) is 3. The Morgan fingerprint density at radius 1 is 1.19 bits per heavy atom. The zero-order valence-electron chi connectivity index (χ0n) is 14.4. The van der Waals surface area contributed by atoms with Gasteiger partial charge >= 0.3 is 0 Å². The molecule has 0 unspecified atom stereocenters. The van der Waals surface area contributed by atoms with Gasteiger partial charge in [-0.25, -0.2) is 9.37 Å². The molecule has 0 bridgehead atoms. The topological polar surface area (TPSA) is 94.3 Å². The fourth-order valence-corrected chi connectivity index (χ4v) is 3.20. The highest BCUT2D eigenvalue weighted by Gasteiger charge is 2.40. The summed E-state index contributed by atoms with van der Waals surface area (Å²) in [5, 5.41) is 14.6. The Labute approximate surface area is 154 Å². The van der Waals surface area contributed by atoms with E-state index in [1.54, 1.807) is 12.3 Å². The first-order valence-corrected chi connectivity index (χ1v) is 8.84. The first kappa shape index (κ1) is 15.8. The van der Waals surface area contributed by atoms with Crippen molar-refractivity contribution >= 4 is 28.5 Å². The van der Waals surface area contributed by atoms with Crippen LogP contribution in [0.5, 0.6) is 0 Å². The number of aromatic nitrogens is 5. The lowest BCUT2D eigenvalue weighted by atomic mass is 10.1. The van der Waals surface area contributed by atoms with Gasteiger partial charge < -0.3 is 15.6 Å². The van der Waals surface area contributed by atoms with E-state index in [1.807, 2.05) is 24.4 Å². The molecule has 3 heterocycles. The molecule has 27 heavy (non-hydrogen) atoms. The number of halogens is 1. The van der Waals surface area contributed by atoms with Gasteiger partial charge in [-0.05, 0) is 30.2 Å². The van der Waals surface area contributed by atoms with Gasteiger partial charge in [0.1, 0.15) is 12.0 Å². The summed E-state index contributed by atoms with van der Waals surface area (Å²) in [4.78, 5) is 11.9. The minimum Gasteiger partial charge on any atom is -0.361 e. The number of fused-ring (bicyclic) bond motifs is 1. The van der Waals surface area contributed by atoms with Gasteiger partial charge in [-0.1, -0.05) is 12.1 Å². The molecule has 8 heteroatoms. The molecule has 0 radical (unpaired) electrons. The van der Waals surface area contributed by atoms with Crippen molar-refractivity contribution in [2.75, 3.05) is 10.6 Å². The van der Waals surface area contributed by atoms with Gasteiger partial charge in [0, 0.05) is 47.5 Å². The second-order valence-corrected chi connectivity index (χ2v) is 6.67. The molecule has 4 aromatic rings. The van der Waals surface area contributed by atoms with E-state index < -0.39 is 6.17 Å². The minimum atomic E-state index is -0.752. The Morgan fingerprint density at radius 3 is 3.00 bits per heavy atom. The van der Waals surface area contributed by atoms with Gasteiger partial charge in [0.25, 0.3) is 0 Å². The molecule has 3 aromatic heterocycles. The highest BCUT2D eigenvalue weighted by molar-refractivity contribution is 5.83. The highest BCUT2D eigenvalue weighted by atomic mass is 19.1. The van der Waals surface area contributed by atoms with Crippen molar-refractivity contribution in [1.29, 1.82) is 0 Å². The molecule has 4 N–H and O–H groups in total. The van der Waals surface area contributed by atoms with Crippen LogP contribution in [-0.4, -0.2) is 31.3 Å². The fourth-order valence-electron chi connectivity index (χ4n) is 3.20. The second kappa shape index (κ2) is 6.39. The largest absolute Gasteiger partial charge is 0.361 e. The van der Waals surface area contributed by atoms with Crippen molar-refractivity contribution in [1.82, 2.24) is 25.1 Å². The summed E-state index contributed by atoms with van der Waals surface area (Å²) in [5.41, 5.74) is 3.08. The summed E-state index contributed by atoms with van der Waals surface area (Å²) in [6.07, 6.45) is 3.43. The van der Waals surface area contributed by atoms with Crippen molar-refractivity contribution < 1.29 is 4.39 Å². The molecule has 1 aromatic carbocycles. The normalized spacial score (nSPS) is 18.6. The van der Waals surface area contributed by atoms with E-state index in [9.17, 15) is 4.39 Å². The summed E-state index contributed by atoms with van der Waals surface area (Å²) in [5.74, 6) is 1.71.